The number of rotatable bonds is 9. The Hall–Kier alpha value is -2.41. The van der Waals surface area contributed by atoms with Gasteiger partial charge in [-0.15, -0.1) is 0 Å². The minimum Gasteiger partial charge on any atom is -0.480 e. The van der Waals surface area contributed by atoms with Crippen molar-refractivity contribution in [3.63, 3.8) is 0 Å². The van der Waals surface area contributed by atoms with E-state index in [1.54, 1.807) is 0 Å². The average molecular weight is 335 g/mol. The molecule has 1 aromatic carbocycles. The number of hydrogen-bond donors (Lipinski definition) is 4. The Morgan fingerprint density at radius 3 is 2.33 bits per heavy atom. The molecule has 0 fully saturated rings. The van der Waals surface area contributed by atoms with E-state index >= 15 is 0 Å². The predicted molar refractivity (Wildman–Crippen MR) is 90.2 cm³/mol. The third-order valence-electron chi connectivity index (χ3n) is 3.40. The van der Waals surface area contributed by atoms with Crippen molar-refractivity contribution in [2.45, 2.75) is 38.8 Å². The lowest BCUT2D eigenvalue weighted by molar-refractivity contribution is -0.142. The third kappa shape index (κ3) is 7.23. The first-order valence-electron chi connectivity index (χ1n) is 7.89. The molecule has 1 aromatic rings. The van der Waals surface area contributed by atoms with Gasteiger partial charge in [-0.2, -0.15) is 0 Å². The fourth-order valence-electron chi connectivity index (χ4n) is 2.20. The van der Waals surface area contributed by atoms with Gasteiger partial charge in [-0.3, -0.25) is 9.59 Å². The lowest BCUT2D eigenvalue weighted by Crippen LogP contribution is -2.49. The Balaban J connectivity index is 2.42. The molecule has 0 aliphatic heterocycles. The molecule has 0 radical (unpaired) electrons. The molecule has 0 aliphatic rings. The zero-order valence-electron chi connectivity index (χ0n) is 14.0. The number of hydrogen-bond acceptors (Lipinski definition) is 4. The Morgan fingerprint density at radius 2 is 1.79 bits per heavy atom. The van der Waals surface area contributed by atoms with Gasteiger partial charge in [-0.1, -0.05) is 44.2 Å². The molecule has 5 N–H and O–H groups in total. The van der Waals surface area contributed by atoms with Crippen LogP contribution in [-0.2, 0) is 20.8 Å². The number of benzene rings is 1. The highest BCUT2D eigenvalue weighted by Crippen LogP contribution is 2.05. The Labute approximate surface area is 141 Å². The molecule has 1 rings (SSSR count). The molecule has 7 nitrogen and oxygen atoms in total. The smallest absolute Gasteiger partial charge is 0.326 e. The first-order chi connectivity index (χ1) is 11.3. The van der Waals surface area contributed by atoms with Crippen LogP contribution in [0.3, 0.4) is 0 Å². The fourth-order valence-corrected chi connectivity index (χ4v) is 2.20. The number of amides is 2. The summed E-state index contributed by atoms with van der Waals surface area (Å²) in [6, 6.07) is 7.57. The number of carboxylic acids is 1. The summed E-state index contributed by atoms with van der Waals surface area (Å²) in [4.78, 5) is 34.8. The summed E-state index contributed by atoms with van der Waals surface area (Å²) in [5, 5.41) is 13.9. The SMILES string of the molecule is CC(C)CC(NC(=O)CNC(=O)C(N)Cc1ccccc1)C(=O)O. The molecule has 132 valence electrons. The Morgan fingerprint density at radius 1 is 1.17 bits per heavy atom. The zero-order chi connectivity index (χ0) is 18.1. The molecule has 0 aliphatic carbocycles. The lowest BCUT2D eigenvalue weighted by Gasteiger charge is -2.17. The first-order valence-corrected chi connectivity index (χ1v) is 7.89. The lowest BCUT2D eigenvalue weighted by atomic mass is 10.0. The van der Waals surface area contributed by atoms with Crippen LogP contribution in [0.15, 0.2) is 30.3 Å². The van der Waals surface area contributed by atoms with Crippen molar-refractivity contribution in [2.75, 3.05) is 6.54 Å². The summed E-state index contributed by atoms with van der Waals surface area (Å²) in [7, 11) is 0. The maximum atomic E-state index is 11.9. The van der Waals surface area contributed by atoms with Gasteiger partial charge in [-0.25, -0.2) is 4.79 Å². The van der Waals surface area contributed by atoms with Crippen LogP contribution in [0.5, 0.6) is 0 Å². The summed E-state index contributed by atoms with van der Waals surface area (Å²) < 4.78 is 0. The quantitative estimate of drug-likeness (QED) is 0.517. The van der Waals surface area contributed by atoms with Gasteiger partial charge in [0.15, 0.2) is 0 Å². The zero-order valence-corrected chi connectivity index (χ0v) is 14.0. The largest absolute Gasteiger partial charge is 0.480 e. The van der Waals surface area contributed by atoms with Gasteiger partial charge in [0.05, 0.1) is 12.6 Å². The Kier molecular flexibility index (Phi) is 7.91. The molecule has 2 atom stereocenters. The molecular weight excluding hydrogens is 310 g/mol. The number of carboxylic acid groups (broad SMARTS) is 1. The van der Waals surface area contributed by atoms with Crippen molar-refractivity contribution in [3.8, 4) is 0 Å². The monoisotopic (exact) mass is 335 g/mol. The van der Waals surface area contributed by atoms with E-state index in [0.29, 0.717) is 12.8 Å². The molecule has 24 heavy (non-hydrogen) atoms. The number of aliphatic carboxylic acids is 1. The predicted octanol–water partition coefficient (Wildman–Crippen LogP) is 0.288. The van der Waals surface area contributed by atoms with Crippen LogP contribution in [-0.4, -0.2) is 41.5 Å². The Bertz CT molecular complexity index is 560. The van der Waals surface area contributed by atoms with E-state index < -0.39 is 29.9 Å². The van der Waals surface area contributed by atoms with Crippen molar-refractivity contribution in [3.05, 3.63) is 35.9 Å². The van der Waals surface area contributed by atoms with Gasteiger partial charge in [0.25, 0.3) is 0 Å². The standard InChI is InChI=1S/C17H25N3O4/c1-11(2)8-14(17(23)24)20-15(21)10-19-16(22)13(18)9-12-6-4-3-5-7-12/h3-7,11,13-14H,8-10,18H2,1-2H3,(H,19,22)(H,20,21)(H,23,24). The van der Waals surface area contributed by atoms with Crippen LogP contribution < -0.4 is 16.4 Å². The maximum absolute atomic E-state index is 11.9. The highest BCUT2D eigenvalue weighted by Gasteiger charge is 2.21. The third-order valence-corrected chi connectivity index (χ3v) is 3.40. The van der Waals surface area contributed by atoms with E-state index in [-0.39, 0.29) is 12.5 Å². The summed E-state index contributed by atoms with van der Waals surface area (Å²) >= 11 is 0. The number of carbonyl (C=O) groups is 3. The van der Waals surface area contributed by atoms with Crippen molar-refractivity contribution in [1.29, 1.82) is 0 Å². The van der Waals surface area contributed by atoms with Gasteiger partial charge >= 0.3 is 5.97 Å². The molecule has 2 amide bonds. The summed E-state index contributed by atoms with van der Waals surface area (Å²) in [6.45, 7) is 3.43. The fraction of sp³-hybridized carbons (Fsp3) is 0.471. The summed E-state index contributed by atoms with van der Waals surface area (Å²) in [5.41, 5.74) is 6.74. The number of nitrogens with two attached hydrogens (primary N) is 1. The minimum absolute atomic E-state index is 0.125. The van der Waals surface area contributed by atoms with E-state index in [9.17, 15) is 14.4 Å². The first kappa shape index (κ1) is 19.6. The van der Waals surface area contributed by atoms with Crippen molar-refractivity contribution in [2.24, 2.45) is 11.7 Å². The van der Waals surface area contributed by atoms with Crippen LogP contribution >= 0.6 is 0 Å². The van der Waals surface area contributed by atoms with Gasteiger partial charge in [-0.05, 0) is 24.3 Å². The van der Waals surface area contributed by atoms with E-state index in [0.717, 1.165) is 5.56 Å². The second-order valence-electron chi connectivity index (χ2n) is 6.10. The van der Waals surface area contributed by atoms with Crippen molar-refractivity contribution in [1.82, 2.24) is 10.6 Å². The van der Waals surface area contributed by atoms with E-state index in [4.69, 9.17) is 10.8 Å². The van der Waals surface area contributed by atoms with Gasteiger partial charge in [0.1, 0.15) is 6.04 Å². The van der Waals surface area contributed by atoms with Crippen LogP contribution in [0.25, 0.3) is 0 Å². The maximum Gasteiger partial charge on any atom is 0.326 e. The second kappa shape index (κ2) is 9.67. The number of nitrogens with one attached hydrogen (secondary N) is 2. The molecule has 0 saturated heterocycles. The van der Waals surface area contributed by atoms with Crippen LogP contribution in [0.1, 0.15) is 25.8 Å². The minimum atomic E-state index is -1.09. The molecular formula is C17H25N3O4. The molecule has 2 unspecified atom stereocenters. The average Bonchev–Trinajstić information content (AvgIpc) is 2.52. The van der Waals surface area contributed by atoms with E-state index in [1.807, 2.05) is 44.2 Å². The van der Waals surface area contributed by atoms with Gasteiger partial charge < -0.3 is 21.5 Å². The normalized spacial score (nSPS) is 13.2. The van der Waals surface area contributed by atoms with E-state index in [2.05, 4.69) is 10.6 Å². The molecule has 0 heterocycles. The van der Waals surface area contributed by atoms with Crippen molar-refractivity contribution < 1.29 is 19.5 Å². The van der Waals surface area contributed by atoms with Crippen LogP contribution in [0, 0.1) is 5.92 Å². The second-order valence-corrected chi connectivity index (χ2v) is 6.10. The summed E-state index contributed by atoms with van der Waals surface area (Å²) in [5.74, 6) is -1.97. The van der Waals surface area contributed by atoms with Gasteiger partial charge in [0, 0.05) is 0 Å². The molecule has 0 bridgehead atoms. The molecule has 0 saturated carbocycles. The highest BCUT2D eigenvalue weighted by molar-refractivity contribution is 5.89. The van der Waals surface area contributed by atoms with Crippen LogP contribution in [0.4, 0.5) is 0 Å². The molecule has 0 aromatic heterocycles. The van der Waals surface area contributed by atoms with Crippen LogP contribution in [0.2, 0.25) is 0 Å². The highest BCUT2D eigenvalue weighted by atomic mass is 16.4. The molecule has 7 heteroatoms. The van der Waals surface area contributed by atoms with E-state index in [1.165, 1.54) is 0 Å². The van der Waals surface area contributed by atoms with Crippen molar-refractivity contribution >= 4 is 17.8 Å². The topological polar surface area (TPSA) is 122 Å². The molecule has 0 spiro atoms. The van der Waals surface area contributed by atoms with Gasteiger partial charge in [0.2, 0.25) is 11.8 Å². The summed E-state index contributed by atoms with van der Waals surface area (Å²) in [6.07, 6.45) is 0.682. The number of carbonyl (C=O) groups excluding carboxylic acids is 2.